The minimum Gasteiger partial charge on any atom is -0.353 e. The van der Waals surface area contributed by atoms with Gasteiger partial charge < -0.3 is 9.88 Å². The summed E-state index contributed by atoms with van der Waals surface area (Å²) in [6, 6.07) is 0.683. The maximum absolute atomic E-state index is 4.73. The van der Waals surface area contributed by atoms with Crippen LogP contribution in [0.4, 0.5) is 5.95 Å². The van der Waals surface area contributed by atoms with Crippen LogP contribution in [0.3, 0.4) is 0 Å². The fraction of sp³-hybridized carbons (Fsp3) is 0.769. The van der Waals surface area contributed by atoms with Gasteiger partial charge in [-0.2, -0.15) is 0 Å². The maximum Gasteiger partial charge on any atom is 0.203 e. The number of nitrogens with zero attached hydrogens (tertiary/aromatic N) is 2. The fourth-order valence-corrected chi connectivity index (χ4v) is 2.90. The Labute approximate surface area is 97.3 Å². The molecule has 88 valence electrons. The smallest absolute Gasteiger partial charge is 0.203 e. The summed E-state index contributed by atoms with van der Waals surface area (Å²) in [5, 5.41) is 3.60. The van der Waals surface area contributed by atoms with Gasteiger partial charge in [-0.3, -0.25) is 0 Å². The molecule has 2 heterocycles. The number of hydrogen-bond acceptors (Lipinski definition) is 2. The van der Waals surface area contributed by atoms with Crippen LogP contribution in [0.1, 0.15) is 45.7 Å². The molecule has 1 aliphatic carbocycles. The predicted molar refractivity (Wildman–Crippen MR) is 65.7 cm³/mol. The molecule has 0 amide bonds. The van der Waals surface area contributed by atoms with E-state index in [1.54, 1.807) is 0 Å². The van der Waals surface area contributed by atoms with Gasteiger partial charge in [0.25, 0.3) is 0 Å². The van der Waals surface area contributed by atoms with Gasteiger partial charge in [0.1, 0.15) is 0 Å². The molecule has 0 aromatic carbocycles. The van der Waals surface area contributed by atoms with Crippen molar-refractivity contribution in [3.8, 4) is 0 Å². The molecule has 0 bridgehead atoms. The van der Waals surface area contributed by atoms with E-state index in [2.05, 4.69) is 36.9 Å². The molecule has 2 atom stereocenters. The van der Waals surface area contributed by atoms with Gasteiger partial charge in [0, 0.05) is 24.2 Å². The summed E-state index contributed by atoms with van der Waals surface area (Å²) in [5.74, 6) is 1.92. The van der Waals surface area contributed by atoms with E-state index in [1.165, 1.54) is 25.0 Å². The maximum atomic E-state index is 4.73. The lowest BCUT2D eigenvalue weighted by atomic mass is 9.93. The highest BCUT2D eigenvalue weighted by molar-refractivity contribution is 5.35. The SMILES string of the molecule is CC(C)(C)c1cn2c(n1)NC1CCCC1C2. The summed E-state index contributed by atoms with van der Waals surface area (Å²) >= 11 is 0. The molecule has 0 radical (unpaired) electrons. The summed E-state index contributed by atoms with van der Waals surface area (Å²) in [6.07, 6.45) is 6.30. The van der Waals surface area contributed by atoms with Crippen molar-refractivity contribution in [3.63, 3.8) is 0 Å². The normalized spacial score (nSPS) is 28.4. The van der Waals surface area contributed by atoms with Gasteiger partial charge in [0.2, 0.25) is 5.95 Å². The molecule has 1 aromatic rings. The van der Waals surface area contributed by atoms with Crippen molar-refractivity contribution in [1.29, 1.82) is 0 Å². The zero-order chi connectivity index (χ0) is 11.3. The molecular formula is C13H21N3. The van der Waals surface area contributed by atoms with Gasteiger partial charge in [-0.25, -0.2) is 4.98 Å². The minimum atomic E-state index is 0.154. The van der Waals surface area contributed by atoms with Gasteiger partial charge in [0.15, 0.2) is 0 Å². The second kappa shape index (κ2) is 3.25. The zero-order valence-corrected chi connectivity index (χ0v) is 10.5. The quantitative estimate of drug-likeness (QED) is 0.727. The van der Waals surface area contributed by atoms with Crippen molar-refractivity contribution in [2.45, 2.75) is 58.0 Å². The molecule has 2 unspecified atom stereocenters. The van der Waals surface area contributed by atoms with Gasteiger partial charge in [0.05, 0.1) is 5.69 Å². The van der Waals surface area contributed by atoms with Crippen LogP contribution in [0.5, 0.6) is 0 Å². The van der Waals surface area contributed by atoms with Crippen LogP contribution >= 0.6 is 0 Å². The molecule has 1 aromatic heterocycles. The summed E-state index contributed by atoms with van der Waals surface area (Å²) in [7, 11) is 0. The van der Waals surface area contributed by atoms with E-state index in [0.717, 1.165) is 18.4 Å². The minimum absolute atomic E-state index is 0.154. The standard InChI is InChI=1S/C13H21N3/c1-13(2,3)11-8-16-7-9-5-4-6-10(9)14-12(16)15-11/h8-10H,4-7H2,1-3H3,(H,14,15). The Morgan fingerprint density at radius 3 is 2.94 bits per heavy atom. The first-order valence-corrected chi connectivity index (χ1v) is 6.38. The van der Waals surface area contributed by atoms with Gasteiger partial charge in [-0.1, -0.05) is 27.2 Å². The Hall–Kier alpha value is -0.990. The highest BCUT2D eigenvalue weighted by atomic mass is 15.2. The van der Waals surface area contributed by atoms with Crippen molar-refractivity contribution in [1.82, 2.24) is 9.55 Å². The van der Waals surface area contributed by atoms with Crippen LogP contribution in [0.25, 0.3) is 0 Å². The number of rotatable bonds is 0. The van der Waals surface area contributed by atoms with Crippen molar-refractivity contribution >= 4 is 5.95 Å². The lowest BCUT2D eigenvalue weighted by molar-refractivity contribution is 0.401. The molecule has 1 N–H and O–H groups in total. The van der Waals surface area contributed by atoms with Gasteiger partial charge >= 0.3 is 0 Å². The Kier molecular flexibility index (Phi) is 2.07. The van der Waals surface area contributed by atoms with Crippen molar-refractivity contribution < 1.29 is 0 Å². The lowest BCUT2D eigenvalue weighted by Crippen LogP contribution is -2.33. The largest absolute Gasteiger partial charge is 0.353 e. The van der Waals surface area contributed by atoms with E-state index in [-0.39, 0.29) is 5.41 Å². The number of aromatic nitrogens is 2. The third kappa shape index (κ3) is 1.53. The van der Waals surface area contributed by atoms with Crippen LogP contribution < -0.4 is 5.32 Å². The van der Waals surface area contributed by atoms with Crippen LogP contribution in [0, 0.1) is 5.92 Å². The number of anilines is 1. The number of hydrogen-bond donors (Lipinski definition) is 1. The number of fused-ring (bicyclic) bond motifs is 2. The second-order valence-corrected chi connectivity index (χ2v) is 6.29. The van der Waals surface area contributed by atoms with Gasteiger partial charge in [-0.15, -0.1) is 0 Å². The molecule has 0 spiro atoms. The van der Waals surface area contributed by atoms with E-state index in [0.29, 0.717) is 6.04 Å². The molecule has 0 saturated heterocycles. The Balaban J connectivity index is 1.92. The predicted octanol–water partition coefficient (Wildman–Crippen LogP) is 2.77. The van der Waals surface area contributed by atoms with E-state index in [9.17, 15) is 0 Å². The van der Waals surface area contributed by atoms with Crippen LogP contribution in [-0.4, -0.2) is 15.6 Å². The van der Waals surface area contributed by atoms with Crippen LogP contribution in [0.15, 0.2) is 6.20 Å². The van der Waals surface area contributed by atoms with Crippen molar-refractivity contribution in [2.24, 2.45) is 5.92 Å². The average molecular weight is 219 g/mol. The zero-order valence-electron chi connectivity index (χ0n) is 10.5. The first-order valence-electron chi connectivity index (χ1n) is 6.38. The van der Waals surface area contributed by atoms with E-state index in [4.69, 9.17) is 4.98 Å². The Bertz CT molecular complexity index is 370. The number of imidazole rings is 1. The van der Waals surface area contributed by atoms with E-state index in [1.807, 2.05) is 0 Å². The van der Waals surface area contributed by atoms with Crippen molar-refractivity contribution in [2.75, 3.05) is 5.32 Å². The summed E-state index contributed by atoms with van der Waals surface area (Å²) in [5.41, 5.74) is 1.36. The average Bonchev–Trinajstić information content (AvgIpc) is 2.75. The monoisotopic (exact) mass is 219 g/mol. The molecule has 2 aliphatic rings. The molecule has 3 rings (SSSR count). The molecule has 3 nitrogen and oxygen atoms in total. The molecule has 16 heavy (non-hydrogen) atoms. The van der Waals surface area contributed by atoms with Crippen molar-refractivity contribution in [3.05, 3.63) is 11.9 Å². The van der Waals surface area contributed by atoms with Gasteiger partial charge in [-0.05, 0) is 18.8 Å². The molecule has 3 heteroatoms. The summed E-state index contributed by atoms with van der Waals surface area (Å²) in [6.45, 7) is 7.84. The Morgan fingerprint density at radius 1 is 1.38 bits per heavy atom. The third-order valence-corrected chi connectivity index (χ3v) is 3.95. The molecule has 1 saturated carbocycles. The highest BCUT2D eigenvalue weighted by Crippen LogP contribution is 2.35. The van der Waals surface area contributed by atoms with E-state index >= 15 is 0 Å². The topological polar surface area (TPSA) is 29.9 Å². The first-order chi connectivity index (χ1) is 7.54. The second-order valence-electron chi connectivity index (χ2n) is 6.29. The molecular weight excluding hydrogens is 198 g/mol. The molecule has 1 fully saturated rings. The molecule has 1 aliphatic heterocycles. The lowest BCUT2D eigenvalue weighted by Gasteiger charge is -2.28. The van der Waals surface area contributed by atoms with Crippen LogP contribution in [-0.2, 0) is 12.0 Å². The first kappa shape index (κ1) is 10.2. The highest BCUT2D eigenvalue weighted by Gasteiger charge is 2.33. The number of nitrogens with one attached hydrogen (secondary N) is 1. The summed E-state index contributed by atoms with van der Waals surface area (Å²) in [4.78, 5) is 4.73. The fourth-order valence-electron chi connectivity index (χ4n) is 2.90. The summed E-state index contributed by atoms with van der Waals surface area (Å²) < 4.78 is 2.31. The van der Waals surface area contributed by atoms with Crippen LogP contribution in [0.2, 0.25) is 0 Å². The van der Waals surface area contributed by atoms with E-state index < -0.39 is 0 Å². The third-order valence-electron chi connectivity index (χ3n) is 3.95. The Morgan fingerprint density at radius 2 is 2.19 bits per heavy atom.